The molecule has 16 heavy (non-hydrogen) atoms. The molecule has 0 saturated heterocycles. The van der Waals surface area contributed by atoms with Gasteiger partial charge < -0.3 is 0 Å². The minimum absolute atomic E-state index is 0.396. The molecule has 0 aliphatic heterocycles. The lowest BCUT2D eigenvalue weighted by molar-refractivity contribution is 0.562. The Morgan fingerprint density at radius 3 is 1.62 bits per heavy atom. The Labute approximate surface area is 92.0 Å². The predicted octanol–water partition coefficient (Wildman–Crippen LogP) is 1.06. The number of aromatic nitrogens is 2. The summed E-state index contributed by atoms with van der Waals surface area (Å²) in [4.78, 5) is 29.1. The van der Waals surface area contributed by atoms with Crippen molar-refractivity contribution in [2.24, 2.45) is 0 Å². The number of pyridine rings is 2. The molecular formula is C12H6N2O2. The molecule has 0 fully saturated rings. The van der Waals surface area contributed by atoms with Crippen LogP contribution in [0.4, 0.5) is 0 Å². The van der Waals surface area contributed by atoms with E-state index in [4.69, 9.17) is 0 Å². The number of nitrogens with zero attached hydrogens (tertiary/aromatic N) is 2. The van der Waals surface area contributed by atoms with E-state index in [0.29, 0.717) is 22.5 Å². The molecule has 0 unspecified atom stereocenters. The van der Waals surface area contributed by atoms with Crippen molar-refractivity contribution < 1.29 is 9.59 Å². The van der Waals surface area contributed by atoms with Crippen molar-refractivity contribution in [3.63, 3.8) is 0 Å². The normalized spacial score (nSPS) is 9.75. The highest BCUT2D eigenvalue weighted by molar-refractivity contribution is 5.79. The quantitative estimate of drug-likeness (QED) is 0.760. The minimum atomic E-state index is 0.396. The van der Waals surface area contributed by atoms with Gasteiger partial charge >= 0.3 is 0 Å². The number of carbonyl (C=O) groups excluding carboxylic acids is 2. The Bertz CT molecular complexity index is 489. The second-order valence-corrected chi connectivity index (χ2v) is 3.06. The summed E-state index contributed by atoms with van der Waals surface area (Å²) in [7, 11) is 0. The summed E-state index contributed by atoms with van der Waals surface area (Å²) >= 11 is 0. The van der Waals surface area contributed by atoms with Gasteiger partial charge in [-0.2, -0.15) is 0 Å². The van der Waals surface area contributed by atoms with Crippen molar-refractivity contribution in [2.45, 2.75) is 0 Å². The minimum Gasteiger partial charge on any atom is -0.285 e. The lowest BCUT2D eigenvalue weighted by atomic mass is 10.1. The summed E-state index contributed by atoms with van der Waals surface area (Å²) in [6.07, 6.45) is 6.53. The standard InChI is InChI=1S/C12H6N2O2/c15-7-9-1-3-13-11(5-9)12-6-10(8-16)2-4-14-12/h1-6H. The van der Waals surface area contributed by atoms with E-state index < -0.39 is 0 Å². The van der Waals surface area contributed by atoms with E-state index >= 15 is 0 Å². The molecule has 2 aromatic rings. The van der Waals surface area contributed by atoms with Crippen LogP contribution in [0.15, 0.2) is 36.7 Å². The first kappa shape index (κ1) is 10.2. The summed E-state index contributed by atoms with van der Waals surface area (Å²) in [5.74, 6) is 0. The van der Waals surface area contributed by atoms with Gasteiger partial charge in [-0.3, -0.25) is 19.6 Å². The first-order valence-corrected chi connectivity index (χ1v) is 4.52. The maximum atomic E-state index is 10.5. The highest BCUT2D eigenvalue weighted by Gasteiger charge is 2.03. The van der Waals surface area contributed by atoms with Gasteiger partial charge in [-0.15, -0.1) is 0 Å². The van der Waals surface area contributed by atoms with Crippen molar-refractivity contribution >= 4 is 12.6 Å². The maximum Gasteiger partial charge on any atom is 0.233 e. The van der Waals surface area contributed by atoms with Crippen LogP contribution in [0.25, 0.3) is 11.4 Å². The zero-order chi connectivity index (χ0) is 11.4. The Morgan fingerprint density at radius 2 is 1.25 bits per heavy atom. The Morgan fingerprint density at radius 1 is 0.812 bits per heavy atom. The van der Waals surface area contributed by atoms with Gasteiger partial charge in [0, 0.05) is 23.5 Å². The average Bonchev–Trinajstić information content (AvgIpc) is 2.39. The van der Waals surface area contributed by atoms with Crippen molar-refractivity contribution in [1.29, 1.82) is 0 Å². The van der Waals surface area contributed by atoms with Gasteiger partial charge in [-0.05, 0) is 24.3 Å². The largest absolute Gasteiger partial charge is 0.285 e. The second kappa shape index (κ2) is 4.44. The van der Waals surface area contributed by atoms with Crippen LogP contribution in [0.1, 0.15) is 11.1 Å². The maximum absolute atomic E-state index is 10.5. The van der Waals surface area contributed by atoms with Gasteiger partial charge in [0.05, 0.1) is 11.4 Å². The smallest absolute Gasteiger partial charge is 0.233 e. The highest BCUT2D eigenvalue weighted by atomic mass is 16.1. The third kappa shape index (κ3) is 2.00. The van der Waals surface area contributed by atoms with E-state index in [1.54, 1.807) is 36.8 Å². The molecule has 2 radical (unpaired) electrons. The molecule has 0 aromatic carbocycles. The third-order valence-corrected chi connectivity index (χ3v) is 2.02. The summed E-state index contributed by atoms with van der Waals surface area (Å²) in [6.45, 7) is 0. The van der Waals surface area contributed by atoms with Gasteiger partial charge in [0.2, 0.25) is 12.6 Å². The summed E-state index contributed by atoms with van der Waals surface area (Å²) in [5.41, 5.74) is 1.84. The molecule has 4 heteroatoms. The molecule has 0 saturated carbocycles. The second-order valence-electron chi connectivity index (χ2n) is 3.06. The van der Waals surface area contributed by atoms with Gasteiger partial charge in [0.15, 0.2) is 0 Å². The van der Waals surface area contributed by atoms with E-state index in [1.807, 2.05) is 0 Å². The van der Waals surface area contributed by atoms with Crippen molar-refractivity contribution in [3.05, 3.63) is 47.8 Å². The molecule has 0 spiro atoms. The van der Waals surface area contributed by atoms with Crippen molar-refractivity contribution in [2.75, 3.05) is 0 Å². The summed E-state index contributed by atoms with van der Waals surface area (Å²) in [5, 5.41) is 0. The number of rotatable bonds is 3. The fourth-order valence-electron chi connectivity index (χ4n) is 1.27. The molecule has 76 valence electrons. The first-order chi connectivity index (χ1) is 7.83. The van der Waals surface area contributed by atoms with Crippen LogP contribution in [-0.2, 0) is 9.59 Å². The van der Waals surface area contributed by atoms with Crippen molar-refractivity contribution in [3.8, 4) is 11.4 Å². The Balaban J connectivity index is 2.49. The zero-order valence-corrected chi connectivity index (χ0v) is 8.18. The van der Waals surface area contributed by atoms with Crippen LogP contribution in [0.3, 0.4) is 0 Å². The molecule has 2 aromatic heterocycles. The van der Waals surface area contributed by atoms with Gasteiger partial charge in [0.1, 0.15) is 0 Å². The monoisotopic (exact) mass is 210 g/mol. The number of hydrogen-bond donors (Lipinski definition) is 0. The van der Waals surface area contributed by atoms with Gasteiger partial charge in [-0.1, -0.05) is 0 Å². The molecule has 0 aliphatic carbocycles. The predicted molar refractivity (Wildman–Crippen MR) is 57.1 cm³/mol. The molecule has 0 atom stereocenters. The lowest BCUT2D eigenvalue weighted by Gasteiger charge is -2.00. The lowest BCUT2D eigenvalue weighted by Crippen LogP contribution is -1.91. The Kier molecular flexibility index (Phi) is 2.82. The van der Waals surface area contributed by atoms with Crippen LogP contribution >= 0.6 is 0 Å². The van der Waals surface area contributed by atoms with E-state index in [1.165, 1.54) is 12.4 Å². The van der Waals surface area contributed by atoms with Crippen LogP contribution in [0.2, 0.25) is 0 Å². The fraction of sp³-hybridized carbons (Fsp3) is 0. The molecule has 2 rings (SSSR count). The van der Waals surface area contributed by atoms with Crippen LogP contribution in [0, 0.1) is 0 Å². The van der Waals surface area contributed by atoms with E-state index in [2.05, 4.69) is 9.97 Å². The highest BCUT2D eigenvalue weighted by Crippen LogP contribution is 2.15. The van der Waals surface area contributed by atoms with Gasteiger partial charge in [0.25, 0.3) is 0 Å². The molecule has 0 bridgehead atoms. The fourth-order valence-corrected chi connectivity index (χ4v) is 1.27. The molecule has 0 aliphatic rings. The molecule has 2 heterocycles. The first-order valence-electron chi connectivity index (χ1n) is 4.52. The summed E-state index contributed by atoms with van der Waals surface area (Å²) in [6, 6.07) is 6.21. The van der Waals surface area contributed by atoms with Gasteiger partial charge in [-0.25, -0.2) is 0 Å². The van der Waals surface area contributed by atoms with E-state index in [0.717, 1.165) is 0 Å². The van der Waals surface area contributed by atoms with E-state index in [-0.39, 0.29) is 0 Å². The average molecular weight is 210 g/mol. The Hall–Kier alpha value is -2.36. The SMILES string of the molecule is O=[C]c1ccnc(-c2cc([C]=O)ccn2)c1. The van der Waals surface area contributed by atoms with E-state index in [9.17, 15) is 9.59 Å². The van der Waals surface area contributed by atoms with Crippen LogP contribution in [-0.4, -0.2) is 22.5 Å². The van der Waals surface area contributed by atoms with Crippen molar-refractivity contribution in [1.82, 2.24) is 9.97 Å². The molecular weight excluding hydrogens is 204 g/mol. The molecule has 0 N–H and O–H groups in total. The third-order valence-electron chi connectivity index (χ3n) is 2.02. The van der Waals surface area contributed by atoms with Crippen LogP contribution in [0.5, 0.6) is 0 Å². The van der Waals surface area contributed by atoms with Crippen LogP contribution < -0.4 is 0 Å². The number of hydrogen-bond acceptors (Lipinski definition) is 4. The molecule has 4 nitrogen and oxygen atoms in total. The topological polar surface area (TPSA) is 59.9 Å². The zero-order valence-electron chi connectivity index (χ0n) is 8.18. The summed E-state index contributed by atoms with van der Waals surface area (Å²) < 4.78 is 0. The molecule has 0 amide bonds.